The molecule has 0 saturated heterocycles. The van der Waals surface area contributed by atoms with Gasteiger partial charge in [-0.25, -0.2) is 4.39 Å². The first kappa shape index (κ1) is 33.9. The number of nitrogens with one attached hydrogen (secondary N) is 2. The lowest BCUT2D eigenvalue weighted by Crippen LogP contribution is -2.35. The molecule has 46 heavy (non-hydrogen) atoms. The highest BCUT2D eigenvalue weighted by molar-refractivity contribution is 6.31. The van der Waals surface area contributed by atoms with Crippen LogP contribution in [0.15, 0.2) is 66.9 Å². The van der Waals surface area contributed by atoms with Gasteiger partial charge in [0.25, 0.3) is 0 Å². The molecular formula is C33H34ClFN4O7. The standard InChI is InChI=1S/C33H31ClFN3O7.H3N/c1-43-28-18-23-25(19-29(28)44-15-4-2-3-8-30(39)40)36-14-11-26(23)45-27-10-9-22(17-24(27)35)38-32(42)33(12-13-33)31(41)37-21-7-5-6-20(34)16-21;/h5-7,9-11,14,16-19H,2-4,8,12-13,15H2,1H3,(H,37,41)(H,38,42)(H,39,40);1H3. The zero-order valence-corrected chi connectivity index (χ0v) is 25.9. The summed E-state index contributed by atoms with van der Waals surface area (Å²) in [7, 11) is 1.50. The predicted octanol–water partition coefficient (Wildman–Crippen LogP) is 7.37. The van der Waals surface area contributed by atoms with Gasteiger partial charge in [-0.1, -0.05) is 17.7 Å². The molecule has 0 unspecified atom stereocenters. The second kappa shape index (κ2) is 14.9. The second-order valence-electron chi connectivity index (χ2n) is 10.6. The minimum atomic E-state index is -1.24. The maximum atomic E-state index is 15.2. The lowest BCUT2D eigenvalue weighted by Gasteiger charge is -2.16. The molecule has 5 rings (SSSR count). The lowest BCUT2D eigenvalue weighted by molar-refractivity contribution is -0.137. The number of carboxylic acids is 1. The third-order valence-corrected chi connectivity index (χ3v) is 7.63. The van der Waals surface area contributed by atoms with Crippen LogP contribution in [0.2, 0.25) is 5.02 Å². The van der Waals surface area contributed by atoms with Gasteiger partial charge in [-0.3, -0.25) is 19.4 Å². The van der Waals surface area contributed by atoms with Crippen molar-refractivity contribution in [3.05, 3.63) is 77.7 Å². The molecule has 0 bridgehead atoms. The molecule has 1 fully saturated rings. The number of carbonyl (C=O) groups excluding carboxylic acids is 2. The molecular weight excluding hydrogens is 619 g/mol. The number of pyridine rings is 1. The van der Waals surface area contributed by atoms with Gasteiger partial charge in [0.05, 0.1) is 19.2 Å². The summed E-state index contributed by atoms with van der Waals surface area (Å²) in [6, 6.07) is 15.6. The molecule has 1 aliphatic carbocycles. The first-order chi connectivity index (χ1) is 21.7. The highest BCUT2D eigenvalue weighted by atomic mass is 35.5. The van der Waals surface area contributed by atoms with Crippen molar-refractivity contribution in [3.63, 3.8) is 0 Å². The number of carboxylic acid groups (broad SMARTS) is 1. The maximum Gasteiger partial charge on any atom is 0.303 e. The maximum absolute atomic E-state index is 15.2. The molecule has 0 aliphatic heterocycles. The number of halogens is 2. The number of aromatic nitrogens is 1. The molecule has 2 amide bonds. The number of hydrogen-bond acceptors (Lipinski definition) is 8. The van der Waals surface area contributed by atoms with Crippen LogP contribution in [0.4, 0.5) is 15.8 Å². The number of carbonyl (C=O) groups is 3. The Labute approximate surface area is 269 Å². The minimum Gasteiger partial charge on any atom is -0.493 e. The molecule has 6 N–H and O–H groups in total. The van der Waals surface area contributed by atoms with E-state index in [2.05, 4.69) is 15.6 Å². The first-order valence-electron chi connectivity index (χ1n) is 14.4. The Bertz CT molecular complexity index is 1750. The van der Waals surface area contributed by atoms with Crippen LogP contribution < -0.4 is 31.0 Å². The highest BCUT2D eigenvalue weighted by Gasteiger charge is 2.56. The fourth-order valence-electron chi connectivity index (χ4n) is 4.76. The lowest BCUT2D eigenvalue weighted by atomic mass is 10.0. The van der Waals surface area contributed by atoms with Gasteiger partial charge in [0.2, 0.25) is 11.8 Å². The average molecular weight is 653 g/mol. The number of anilines is 2. The van der Waals surface area contributed by atoms with E-state index in [9.17, 15) is 14.4 Å². The van der Waals surface area contributed by atoms with Gasteiger partial charge >= 0.3 is 5.97 Å². The fraction of sp³-hybridized carbons (Fsp3) is 0.273. The largest absolute Gasteiger partial charge is 0.493 e. The van der Waals surface area contributed by atoms with Crippen molar-refractivity contribution in [2.45, 2.75) is 38.5 Å². The smallest absolute Gasteiger partial charge is 0.303 e. The number of fused-ring (bicyclic) bond motifs is 1. The van der Waals surface area contributed by atoms with Crippen molar-refractivity contribution in [1.29, 1.82) is 0 Å². The van der Waals surface area contributed by atoms with E-state index in [1.165, 1.54) is 25.4 Å². The summed E-state index contributed by atoms with van der Waals surface area (Å²) in [5, 5.41) is 15.2. The molecule has 13 heteroatoms. The monoisotopic (exact) mass is 652 g/mol. The van der Waals surface area contributed by atoms with Crippen molar-refractivity contribution >= 4 is 51.7 Å². The van der Waals surface area contributed by atoms with Gasteiger partial charge in [0, 0.05) is 46.5 Å². The predicted molar refractivity (Wildman–Crippen MR) is 172 cm³/mol. The number of aliphatic carboxylic acids is 1. The van der Waals surface area contributed by atoms with E-state index in [0.29, 0.717) is 77.6 Å². The Balaban J connectivity index is 0.00000480. The van der Waals surface area contributed by atoms with Crippen molar-refractivity contribution < 1.29 is 38.1 Å². The van der Waals surface area contributed by atoms with E-state index in [0.717, 1.165) is 6.07 Å². The topological polar surface area (TPSA) is 171 Å². The molecule has 1 aromatic heterocycles. The first-order valence-corrected chi connectivity index (χ1v) is 14.7. The van der Waals surface area contributed by atoms with Crippen molar-refractivity contribution in [1.82, 2.24) is 11.1 Å². The molecule has 0 spiro atoms. The number of ether oxygens (including phenoxy) is 3. The number of hydrogen-bond donors (Lipinski definition) is 4. The van der Waals surface area contributed by atoms with Crippen LogP contribution in [0, 0.1) is 11.2 Å². The molecule has 1 heterocycles. The average Bonchev–Trinajstić information content (AvgIpc) is 3.82. The number of nitrogens with zero attached hydrogens (tertiary/aromatic N) is 1. The van der Waals surface area contributed by atoms with E-state index in [4.69, 9.17) is 30.9 Å². The van der Waals surface area contributed by atoms with Gasteiger partial charge in [0.15, 0.2) is 23.1 Å². The van der Waals surface area contributed by atoms with Crippen LogP contribution in [0.5, 0.6) is 23.0 Å². The van der Waals surface area contributed by atoms with E-state index >= 15 is 4.39 Å². The summed E-state index contributed by atoms with van der Waals surface area (Å²) in [5.74, 6) is -1.39. The molecule has 3 aromatic carbocycles. The molecule has 11 nitrogen and oxygen atoms in total. The van der Waals surface area contributed by atoms with E-state index in [-0.39, 0.29) is 24.0 Å². The summed E-state index contributed by atoms with van der Waals surface area (Å²) < 4.78 is 32.5. The minimum absolute atomic E-state index is 0. The third-order valence-electron chi connectivity index (χ3n) is 7.39. The summed E-state index contributed by atoms with van der Waals surface area (Å²) in [6.07, 6.45) is 4.35. The molecule has 1 aliphatic rings. The molecule has 0 atom stereocenters. The summed E-state index contributed by atoms with van der Waals surface area (Å²) in [5.41, 5.74) is -0.0534. The normalized spacial score (nSPS) is 12.8. The Morgan fingerprint density at radius 3 is 2.30 bits per heavy atom. The number of methoxy groups -OCH3 is 1. The van der Waals surface area contributed by atoms with E-state index < -0.39 is 29.0 Å². The second-order valence-corrected chi connectivity index (χ2v) is 11.1. The van der Waals surface area contributed by atoms with Crippen LogP contribution in [0.25, 0.3) is 10.9 Å². The Morgan fingerprint density at radius 1 is 0.913 bits per heavy atom. The van der Waals surface area contributed by atoms with Crippen LogP contribution >= 0.6 is 11.6 Å². The van der Waals surface area contributed by atoms with Crippen LogP contribution in [-0.4, -0.2) is 41.6 Å². The van der Waals surface area contributed by atoms with Gasteiger partial charge in [-0.05, 0) is 74.6 Å². The Morgan fingerprint density at radius 2 is 1.65 bits per heavy atom. The third kappa shape index (κ3) is 8.01. The van der Waals surface area contributed by atoms with Gasteiger partial charge in [0.1, 0.15) is 11.2 Å². The van der Waals surface area contributed by atoms with Crippen molar-refractivity contribution in [3.8, 4) is 23.0 Å². The summed E-state index contributed by atoms with van der Waals surface area (Å²) in [4.78, 5) is 41.0. The van der Waals surface area contributed by atoms with Crippen LogP contribution in [-0.2, 0) is 14.4 Å². The number of benzene rings is 3. The SMILES string of the molecule is COc1cc2c(Oc3ccc(NC(=O)C4(C(=O)Nc5cccc(Cl)c5)CC4)cc3F)ccnc2cc1OCCCCCC(=O)O.N. The molecule has 4 aromatic rings. The Hall–Kier alpha value is -4.94. The summed E-state index contributed by atoms with van der Waals surface area (Å²) in [6.45, 7) is 0.374. The zero-order valence-electron chi connectivity index (χ0n) is 25.1. The van der Waals surface area contributed by atoms with Crippen LogP contribution in [0.3, 0.4) is 0 Å². The van der Waals surface area contributed by atoms with Gasteiger partial charge in [-0.15, -0.1) is 0 Å². The fourth-order valence-corrected chi connectivity index (χ4v) is 4.95. The van der Waals surface area contributed by atoms with Gasteiger partial charge < -0.3 is 36.1 Å². The Kier molecular flexibility index (Phi) is 11.0. The molecule has 0 radical (unpaired) electrons. The molecule has 242 valence electrons. The quantitative estimate of drug-likeness (QED) is 0.0801. The van der Waals surface area contributed by atoms with Crippen molar-refractivity contribution in [2.75, 3.05) is 24.4 Å². The molecule has 1 saturated carbocycles. The van der Waals surface area contributed by atoms with Gasteiger partial charge in [-0.2, -0.15) is 0 Å². The summed E-state index contributed by atoms with van der Waals surface area (Å²) >= 11 is 5.99. The zero-order chi connectivity index (χ0) is 32.0. The van der Waals surface area contributed by atoms with E-state index in [1.807, 2.05) is 0 Å². The van der Waals surface area contributed by atoms with Crippen molar-refractivity contribution in [2.24, 2.45) is 5.41 Å². The highest BCUT2D eigenvalue weighted by Crippen LogP contribution is 2.48. The van der Waals surface area contributed by atoms with E-state index in [1.54, 1.807) is 42.5 Å². The van der Waals surface area contributed by atoms with Crippen LogP contribution in [0.1, 0.15) is 38.5 Å². The number of rotatable bonds is 14. The number of unbranched alkanes of at least 4 members (excludes halogenated alkanes) is 2. The number of amides is 2.